The van der Waals surface area contributed by atoms with Crippen LogP contribution in [0.1, 0.15) is 24.0 Å². The molecule has 0 radical (unpaired) electrons. The molecule has 0 bridgehead atoms. The Morgan fingerprint density at radius 3 is 2.45 bits per heavy atom. The van der Waals surface area contributed by atoms with Crippen molar-refractivity contribution < 1.29 is 23.9 Å². The quantitative estimate of drug-likeness (QED) is 0.539. The lowest BCUT2D eigenvalue weighted by Crippen LogP contribution is -2.33. The molecule has 1 saturated heterocycles. The van der Waals surface area contributed by atoms with Gasteiger partial charge in [-0.25, -0.2) is 0 Å². The summed E-state index contributed by atoms with van der Waals surface area (Å²) in [5.41, 5.74) is 3.48. The summed E-state index contributed by atoms with van der Waals surface area (Å²) in [6, 6.07) is 12.8. The van der Waals surface area contributed by atoms with E-state index in [1.54, 1.807) is 36.3 Å². The van der Waals surface area contributed by atoms with Crippen molar-refractivity contribution in [1.82, 2.24) is 5.32 Å². The molecule has 3 rings (SSSR count). The van der Waals surface area contributed by atoms with Crippen LogP contribution in [0.5, 0.6) is 5.75 Å². The van der Waals surface area contributed by atoms with Crippen LogP contribution in [0.3, 0.4) is 0 Å². The van der Waals surface area contributed by atoms with Crippen LogP contribution in [0.2, 0.25) is 0 Å². The smallest absolute Gasteiger partial charge is 0.262 e. The molecule has 0 unspecified atom stereocenters. The number of rotatable bonds is 10. The van der Waals surface area contributed by atoms with E-state index in [-0.39, 0.29) is 36.7 Å². The Kier molecular flexibility index (Phi) is 8.43. The highest BCUT2D eigenvalue weighted by Crippen LogP contribution is 2.27. The van der Waals surface area contributed by atoms with E-state index in [2.05, 4.69) is 10.6 Å². The molecule has 33 heavy (non-hydrogen) atoms. The molecule has 2 aromatic carbocycles. The Hall–Kier alpha value is -3.39. The zero-order chi connectivity index (χ0) is 23.8. The van der Waals surface area contributed by atoms with E-state index in [0.717, 1.165) is 23.2 Å². The third-order valence-corrected chi connectivity index (χ3v) is 5.58. The van der Waals surface area contributed by atoms with Crippen molar-refractivity contribution >= 4 is 29.1 Å². The minimum atomic E-state index is -0.371. The molecule has 1 aliphatic rings. The van der Waals surface area contributed by atoms with Gasteiger partial charge in [-0.15, -0.1) is 0 Å². The second kappa shape index (κ2) is 11.5. The molecule has 0 saturated carbocycles. The number of nitrogens with one attached hydrogen (secondary N) is 2. The van der Waals surface area contributed by atoms with Crippen LogP contribution in [0.25, 0.3) is 0 Å². The lowest BCUT2D eigenvalue weighted by Gasteiger charge is -2.17. The van der Waals surface area contributed by atoms with E-state index < -0.39 is 0 Å². The number of hydrogen-bond acceptors (Lipinski definition) is 5. The highest BCUT2D eigenvalue weighted by Gasteiger charge is 2.34. The van der Waals surface area contributed by atoms with Crippen molar-refractivity contribution in [2.75, 3.05) is 43.6 Å². The van der Waals surface area contributed by atoms with Gasteiger partial charge in [-0.1, -0.05) is 18.2 Å². The molecular formula is C25H31N3O5. The standard InChI is InChI=1S/C25H31N3O5/c1-17-6-4-7-18(2)24(17)27-22(29)16-33-21-10-8-20(9-11-21)28-15-19(14-23(28)30)25(31)26-12-5-13-32-3/h4,6-11,19H,5,12-16H2,1-3H3,(H,26,31)(H,27,29)/t19-/m0/s1. The highest BCUT2D eigenvalue weighted by atomic mass is 16.5. The Bertz CT molecular complexity index is 970. The fraction of sp³-hybridized carbons (Fsp3) is 0.400. The maximum Gasteiger partial charge on any atom is 0.262 e. The van der Waals surface area contributed by atoms with Gasteiger partial charge in [0.25, 0.3) is 5.91 Å². The summed E-state index contributed by atoms with van der Waals surface area (Å²) >= 11 is 0. The van der Waals surface area contributed by atoms with Crippen LogP contribution >= 0.6 is 0 Å². The van der Waals surface area contributed by atoms with Crippen molar-refractivity contribution in [2.45, 2.75) is 26.7 Å². The first-order valence-electron chi connectivity index (χ1n) is 11.0. The van der Waals surface area contributed by atoms with Crippen molar-refractivity contribution in [3.63, 3.8) is 0 Å². The van der Waals surface area contributed by atoms with Crippen LogP contribution in [0.15, 0.2) is 42.5 Å². The fourth-order valence-corrected chi connectivity index (χ4v) is 3.76. The number of anilines is 2. The summed E-state index contributed by atoms with van der Waals surface area (Å²) in [5, 5.41) is 5.74. The first-order chi connectivity index (χ1) is 15.9. The number of amides is 3. The number of hydrogen-bond donors (Lipinski definition) is 2. The summed E-state index contributed by atoms with van der Waals surface area (Å²) in [6.45, 7) is 5.21. The van der Waals surface area contributed by atoms with Gasteiger partial charge in [0.2, 0.25) is 11.8 Å². The first-order valence-corrected chi connectivity index (χ1v) is 11.0. The van der Waals surface area contributed by atoms with Gasteiger partial charge in [-0.05, 0) is 55.7 Å². The number of carbonyl (C=O) groups excluding carboxylic acids is 3. The van der Waals surface area contributed by atoms with Crippen molar-refractivity contribution in [1.29, 1.82) is 0 Å². The van der Waals surface area contributed by atoms with E-state index >= 15 is 0 Å². The predicted octanol–water partition coefficient (Wildman–Crippen LogP) is 2.83. The molecular weight excluding hydrogens is 422 g/mol. The topological polar surface area (TPSA) is 97.0 Å². The molecule has 8 nitrogen and oxygen atoms in total. The van der Waals surface area contributed by atoms with E-state index in [0.29, 0.717) is 31.1 Å². The van der Waals surface area contributed by atoms with Crippen LogP contribution < -0.4 is 20.3 Å². The molecule has 1 fully saturated rings. The molecule has 0 aliphatic carbocycles. The summed E-state index contributed by atoms with van der Waals surface area (Å²) in [5.74, 6) is -0.296. The van der Waals surface area contributed by atoms with E-state index in [9.17, 15) is 14.4 Å². The van der Waals surface area contributed by atoms with Gasteiger partial charge in [0.1, 0.15) is 5.75 Å². The zero-order valence-electron chi connectivity index (χ0n) is 19.3. The minimum absolute atomic E-state index is 0.0892. The number of aryl methyl sites for hydroxylation is 2. The summed E-state index contributed by atoms with van der Waals surface area (Å²) < 4.78 is 10.6. The van der Waals surface area contributed by atoms with Gasteiger partial charge < -0.3 is 25.0 Å². The molecule has 1 atom stereocenters. The van der Waals surface area contributed by atoms with Crippen LogP contribution in [0, 0.1) is 19.8 Å². The maximum absolute atomic E-state index is 12.4. The molecule has 1 aliphatic heterocycles. The molecule has 0 spiro atoms. The van der Waals surface area contributed by atoms with Crippen molar-refractivity contribution in [3.8, 4) is 5.75 Å². The average molecular weight is 454 g/mol. The van der Waals surface area contributed by atoms with Gasteiger partial charge in [-0.3, -0.25) is 14.4 Å². The van der Waals surface area contributed by atoms with Gasteiger partial charge in [0.15, 0.2) is 6.61 Å². The van der Waals surface area contributed by atoms with Crippen LogP contribution in [0.4, 0.5) is 11.4 Å². The lowest BCUT2D eigenvalue weighted by molar-refractivity contribution is -0.126. The number of ether oxygens (including phenoxy) is 2. The first kappa shape index (κ1) is 24.3. The maximum atomic E-state index is 12.4. The average Bonchev–Trinajstić information content (AvgIpc) is 3.20. The second-order valence-corrected chi connectivity index (χ2v) is 8.14. The van der Waals surface area contributed by atoms with Gasteiger partial charge in [-0.2, -0.15) is 0 Å². The number of carbonyl (C=O) groups is 3. The summed E-state index contributed by atoms with van der Waals surface area (Å²) in [4.78, 5) is 38.6. The second-order valence-electron chi connectivity index (χ2n) is 8.14. The minimum Gasteiger partial charge on any atom is -0.484 e. The number of nitrogens with zero attached hydrogens (tertiary/aromatic N) is 1. The Labute approximate surface area is 194 Å². The Balaban J connectivity index is 1.50. The van der Waals surface area contributed by atoms with Crippen LogP contribution in [-0.4, -0.2) is 51.1 Å². The predicted molar refractivity (Wildman–Crippen MR) is 126 cm³/mol. The fourth-order valence-electron chi connectivity index (χ4n) is 3.76. The Morgan fingerprint density at radius 1 is 1.09 bits per heavy atom. The molecule has 8 heteroatoms. The largest absolute Gasteiger partial charge is 0.484 e. The molecule has 0 aromatic heterocycles. The van der Waals surface area contributed by atoms with E-state index in [4.69, 9.17) is 9.47 Å². The highest BCUT2D eigenvalue weighted by molar-refractivity contribution is 6.00. The SMILES string of the molecule is COCCCNC(=O)[C@H]1CC(=O)N(c2ccc(OCC(=O)Nc3c(C)cccc3C)cc2)C1. The molecule has 3 amide bonds. The van der Waals surface area contributed by atoms with E-state index in [1.165, 1.54) is 0 Å². The number of para-hydroxylation sites is 1. The normalized spacial score (nSPS) is 15.4. The molecule has 2 N–H and O–H groups in total. The van der Waals surface area contributed by atoms with Crippen LogP contribution in [-0.2, 0) is 19.1 Å². The third-order valence-electron chi connectivity index (χ3n) is 5.58. The molecule has 2 aromatic rings. The Morgan fingerprint density at radius 2 is 1.79 bits per heavy atom. The number of benzene rings is 2. The van der Waals surface area contributed by atoms with E-state index in [1.807, 2.05) is 32.0 Å². The number of methoxy groups -OCH3 is 1. The molecule has 1 heterocycles. The lowest BCUT2D eigenvalue weighted by atomic mass is 10.1. The monoisotopic (exact) mass is 453 g/mol. The van der Waals surface area contributed by atoms with Gasteiger partial charge >= 0.3 is 0 Å². The third kappa shape index (κ3) is 6.55. The summed E-state index contributed by atoms with van der Waals surface area (Å²) in [7, 11) is 1.62. The molecule has 176 valence electrons. The van der Waals surface area contributed by atoms with Gasteiger partial charge in [0.05, 0.1) is 5.92 Å². The van der Waals surface area contributed by atoms with Gasteiger partial charge in [0, 0.05) is 44.6 Å². The van der Waals surface area contributed by atoms with Crippen molar-refractivity contribution in [3.05, 3.63) is 53.6 Å². The zero-order valence-corrected chi connectivity index (χ0v) is 19.3. The summed E-state index contributed by atoms with van der Waals surface area (Å²) in [6.07, 6.45) is 0.920. The van der Waals surface area contributed by atoms with Crippen molar-refractivity contribution in [2.24, 2.45) is 5.92 Å².